The maximum absolute atomic E-state index is 14.4. The van der Waals surface area contributed by atoms with E-state index in [9.17, 15) is 18.7 Å². The van der Waals surface area contributed by atoms with Crippen LogP contribution in [0.1, 0.15) is 35.6 Å². The second-order valence-corrected chi connectivity index (χ2v) is 12.5. The van der Waals surface area contributed by atoms with Gasteiger partial charge < -0.3 is 24.1 Å². The zero-order valence-corrected chi connectivity index (χ0v) is 27.6. The highest BCUT2D eigenvalue weighted by atomic mass is 35.5. The lowest BCUT2D eigenvalue weighted by molar-refractivity contribution is -0.322. The summed E-state index contributed by atoms with van der Waals surface area (Å²) in [6, 6.07) is 15.1. The average molecular weight is 734 g/mol. The van der Waals surface area contributed by atoms with Gasteiger partial charge in [0.1, 0.15) is 65.2 Å². The fraction of sp³-hybridized carbons (Fsp3) is 0.281. The summed E-state index contributed by atoms with van der Waals surface area (Å²) in [5, 5.41) is 22.8. The first-order valence-corrected chi connectivity index (χ1v) is 16.0. The average Bonchev–Trinajstić information content (AvgIpc) is 3.73. The summed E-state index contributed by atoms with van der Waals surface area (Å²) in [6.07, 6.45) is -3.30. The Hall–Kier alpha value is -4.02. The summed E-state index contributed by atoms with van der Waals surface area (Å²) in [5.41, 5.74) is 1.28. The highest BCUT2D eigenvalue weighted by Gasteiger charge is 2.54. The van der Waals surface area contributed by atoms with Crippen LogP contribution >= 0.6 is 34.8 Å². The topological polar surface area (TPSA) is 136 Å². The van der Waals surface area contributed by atoms with E-state index < -0.39 is 66.0 Å². The number of ether oxygens (including phenoxy) is 4. The van der Waals surface area contributed by atoms with Gasteiger partial charge in [-0.05, 0) is 37.3 Å². The van der Waals surface area contributed by atoms with E-state index >= 15 is 0 Å². The van der Waals surface area contributed by atoms with Crippen LogP contribution in [0.5, 0.6) is 0 Å². The van der Waals surface area contributed by atoms with Gasteiger partial charge in [-0.1, -0.05) is 70.3 Å². The SMILES string of the molecule is Cc1nc(C2OC3COC(c4ccccc4)OC3C(n3cc(-c4cc(F)c(Cl)c(F)c4)nn3)C2OCC(=O)O)n(-c2cc(Cl)ccc2Cl)n1. The Labute approximate surface area is 292 Å². The van der Waals surface area contributed by atoms with Crippen molar-refractivity contribution in [2.24, 2.45) is 0 Å². The van der Waals surface area contributed by atoms with Gasteiger partial charge in [0.25, 0.3) is 0 Å². The van der Waals surface area contributed by atoms with Gasteiger partial charge in [0.2, 0.25) is 0 Å². The Morgan fingerprint density at radius 2 is 1.82 bits per heavy atom. The number of hydrogen-bond acceptors (Lipinski definition) is 9. The van der Waals surface area contributed by atoms with Crippen molar-refractivity contribution < 1.29 is 37.6 Å². The quantitative estimate of drug-likeness (QED) is 0.180. The molecule has 0 saturated carbocycles. The lowest BCUT2D eigenvalue weighted by Crippen LogP contribution is -2.57. The Morgan fingerprint density at radius 1 is 1.06 bits per heavy atom. The summed E-state index contributed by atoms with van der Waals surface area (Å²) < 4.78 is 57.0. The molecule has 2 aromatic heterocycles. The molecule has 4 heterocycles. The highest BCUT2D eigenvalue weighted by molar-refractivity contribution is 6.34. The molecule has 2 aliphatic heterocycles. The first kappa shape index (κ1) is 33.5. The first-order valence-electron chi connectivity index (χ1n) is 14.8. The third-order valence-electron chi connectivity index (χ3n) is 8.05. The number of fused-ring (bicyclic) bond motifs is 1. The molecule has 254 valence electrons. The molecule has 5 aromatic rings. The molecule has 0 bridgehead atoms. The number of rotatable bonds is 8. The number of carboxylic acids is 1. The summed E-state index contributed by atoms with van der Waals surface area (Å²) in [5.74, 6) is -2.65. The molecule has 3 aromatic carbocycles. The van der Waals surface area contributed by atoms with E-state index in [0.29, 0.717) is 21.6 Å². The molecule has 2 fully saturated rings. The second-order valence-electron chi connectivity index (χ2n) is 11.3. The van der Waals surface area contributed by atoms with Gasteiger partial charge in [-0.25, -0.2) is 27.9 Å². The zero-order chi connectivity index (χ0) is 34.4. The van der Waals surface area contributed by atoms with Crippen molar-refractivity contribution in [3.63, 3.8) is 0 Å². The van der Waals surface area contributed by atoms with Gasteiger partial charge in [-0.3, -0.25) is 0 Å². The number of benzene rings is 3. The van der Waals surface area contributed by atoms with Gasteiger partial charge in [-0.15, -0.1) is 5.10 Å². The van der Waals surface area contributed by atoms with Crippen molar-refractivity contribution in [1.29, 1.82) is 0 Å². The van der Waals surface area contributed by atoms with Crippen molar-refractivity contribution in [3.05, 3.63) is 111 Å². The molecular formula is C32H25Cl3F2N6O6. The van der Waals surface area contributed by atoms with E-state index in [-0.39, 0.29) is 23.7 Å². The van der Waals surface area contributed by atoms with Crippen LogP contribution in [0.15, 0.2) is 66.9 Å². The molecule has 7 rings (SSSR count). The number of aromatic nitrogens is 6. The smallest absolute Gasteiger partial charge is 0.329 e. The molecule has 12 nitrogen and oxygen atoms in total. The normalized spacial score (nSPS) is 23.7. The van der Waals surface area contributed by atoms with Crippen LogP contribution in [0.2, 0.25) is 15.1 Å². The van der Waals surface area contributed by atoms with Crippen LogP contribution in [0.3, 0.4) is 0 Å². The minimum Gasteiger partial charge on any atom is -0.480 e. The maximum atomic E-state index is 14.4. The van der Waals surface area contributed by atoms with Gasteiger partial charge in [0.15, 0.2) is 12.1 Å². The Balaban J connectivity index is 1.36. The summed E-state index contributed by atoms with van der Waals surface area (Å²) >= 11 is 18.6. The number of halogens is 5. The van der Waals surface area contributed by atoms with Crippen molar-refractivity contribution in [3.8, 4) is 16.9 Å². The van der Waals surface area contributed by atoms with Crippen molar-refractivity contribution in [1.82, 2.24) is 29.8 Å². The van der Waals surface area contributed by atoms with Gasteiger partial charge in [-0.2, -0.15) is 5.10 Å². The molecule has 1 N–H and O–H groups in total. The predicted molar refractivity (Wildman–Crippen MR) is 171 cm³/mol. The van der Waals surface area contributed by atoms with Crippen molar-refractivity contribution >= 4 is 40.8 Å². The van der Waals surface area contributed by atoms with Crippen LogP contribution in [-0.2, 0) is 23.7 Å². The molecule has 2 saturated heterocycles. The molecule has 6 atom stereocenters. The Morgan fingerprint density at radius 3 is 2.55 bits per heavy atom. The predicted octanol–water partition coefficient (Wildman–Crippen LogP) is 6.34. The van der Waals surface area contributed by atoms with Crippen LogP contribution < -0.4 is 0 Å². The minimum atomic E-state index is -1.25. The minimum absolute atomic E-state index is 0.0447. The molecule has 0 radical (unpaired) electrons. The van der Waals surface area contributed by atoms with Gasteiger partial charge >= 0.3 is 5.97 Å². The fourth-order valence-electron chi connectivity index (χ4n) is 5.94. The van der Waals surface area contributed by atoms with Crippen LogP contribution in [0.4, 0.5) is 8.78 Å². The number of carboxylic acid groups (broad SMARTS) is 1. The molecule has 0 aliphatic carbocycles. The number of carbonyl (C=O) groups is 1. The van der Waals surface area contributed by atoms with Crippen molar-refractivity contribution in [2.45, 2.75) is 43.7 Å². The second kappa shape index (κ2) is 13.7. The zero-order valence-electron chi connectivity index (χ0n) is 25.3. The third-order valence-corrected chi connectivity index (χ3v) is 8.96. The van der Waals surface area contributed by atoms with Crippen LogP contribution in [0, 0.1) is 18.6 Å². The van der Waals surface area contributed by atoms with Crippen LogP contribution in [-0.4, -0.2) is 72.4 Å². The molecular weight excluding hydrogens is 709 g/mol. The number of aryl methyl sites for hydroxylation is 1. The molecule has 17 heteroatoms. The number of aliphatic carboxylic acids is 1. The largest absolute Gasteiger partial charge is 0.480 e. The van der Waals surface area contributed by atoms with Crippen LogP contribution in [0.25, 0.3) is 16.9 Å². The number of nitrogens with zero attached hydrogens (tertiary/aromatic N) is 6. The molecule has 49 heavy (non-hydrogen) atoms. The van der Waals surface area contributed by atoms with Crippen molar-refractivity contribution in [2.75, 3.05) is 13.2 Å². The fourth-order valence-corrected chi connectivity index (χ4v) is 6.42. The molecule has 6 unspecified atom stereocenters. The summed E-state index contributed by atoms with van der Waals surface area (Å²) in [4.78, 5) is 16.5. The van der Waals surface area contributed by atoms with Gasteiger partial charge in [0, 0.05) is 16.1 Å². The maximum Gasteiger partial charge on any atom is 0.329 e. The van der Waals surface area contributed by atoms with E-state index in [1.807, 2.05) is 30.3 Å². The van der Waals surface area contributed by atoms with E-state index in [2.05, 4.69) is 20.4 Å². The van der Waals surface area contributed by atoms with Gasteiger partial charge in [0.05, 0.1) is 23.5 Å². The molecule has 0 amide bonds. The van der Waals surface area contributed by atoms with E-state index in [1.54, 1.807) is 25.1 Å². The van der Waals surface area contributed by atoms with E-state index in [1.165, 1.54) is 15.6 Å². The van der Waals surface area contributed by atoms with E-state index in [0.717, 1.165) is 17.7 Å². The summed E-state index contributed by atoms with van der Waals surface area (Å²) in [6.45, 7) is 0.973. The summed E-state index contributed by atoms with van der Waals surface area (Å²) in [7, 11) is 0. The highest BCUT2D eigenvalue weighted by Crippen LogP contribution is 2.46. The Kier molecular flexibility index (Phi) is 9.37. The monoisotopic (exact) mass is 732 g/mol. The molecule has 0 spiro atoms. The lowest BCUT2D eigenvalue weighted by Gasteiger charge is -2.48. The molecule has 2 aliphatic rings. The number of hydrogen-bond donors (Lipinski definition) is 1. The standard InChI is InChI=1S/C32H25Cl3F2N6O6/c1-15-38-31(43(40-15)23-11-18(33)7-8-19(23)34)30-29(46-14-25(44)45)27(28-24(48-30)13-47-32(49-28)16-5-3-2-4-6-16)42-12-22(39-41-42)17-9-20(36)26(35)21(37)10-17/h2-12,24,27-30,32H,13-14H2,1H3,(H,44,45). The van der Waals surface area contributed by atoms with E-state index in [4.69, 9.17) is 53.8 Å². The first-order chi connectivity index (χ1) is 23.6. The Bertz CT molecular complexity index is 1990. The third kappa shape index (κ3) is 6.65. The lowest BCUT2D eigenvalue weighted by atomic mass is 9.90.